The maximum Gasteiger partial charge on any atom is 0.303 e. The van der Waals surface area contributed by atoms with Crippen LogP contribution in [-0.2, 0) is 9.59 Å². The number of Topliss-reactive ketones (excluding diaryl/α,β-unsaturated/α-hetero) is 1. The lowest BCUT2D eigenvalue weighted by molar-refractivity contribution is -0.137. The first-order chi connectivity index (χ1) is 13.9. The molecule has 1 saturated carbocycles. The number of rotatable bonds is 11. The molecule has 0 bridgehead atoms. The number of ketones is 1. The number of carboxylic acids is 1. The van der Waals surface area contributed by atoms with Crippen molar-refractivity contribution in [3.05, 3.63) is 53.6 Å². The van der Waals surface area contributed by atoms with Crippen LogP contribution in [0.2, 0.25) is 5.02 Å². The fraction of sp³-hybridized carbons (Fsp3) is 0.455. The molecule has 158 valence electrons. The molecule has 0 spiro atoms. The van der Waals surface area contributed by atoms with Crippen molar-refractivity contribution in [3.8, 4) is 5.75 Å². The molecule has 1 aliphatic carbocycles. The molecule has 2 rings (SSSR count). The zero-order valence-electron chi connectivity index (χ0n) is 16.1. The van der Waals surface area contributed by atoms with Crippen molar-refractivity contribution < 1.29 is 29.6 Å². The average Bonchev–Trinajstić information content (AvgIpc) is 2.93. The van der Waals surface area contributed by atoms with E-state index in [4.69, 9.17) is 21.4 Å². The summed E-state index contributed by atoms with van der Waals surface area (Å²) in [6.45, 7) is 0.0223. The normalized spacial score (nSPS) is 23.1. The van der Waals surface area contributed by atoms with Crippen molar-refractivity contribution in [1.82, 2.24) is 0 Å². The molecule has 1 aromatic rings. The lowest BCUT2D eigenvalue weighted by Gasteiger charge is -2.17. The maximum absolute atomic E-state index is 12.2. The van der Waals surface area contributed by atoms with Crippen LogP contribution < -0.4 is 4.74 Å². The van der Waals surface area contributed by atoms with Crippen LogP contribution in [0.4, 0.5) is 0 Å². The molecule has 7 heteroatoms. The highest BCUT2D eigenvalue weighted by atomic mass is 35.5. The van der Waals surface area contributed by atoms with Gasteiger partial charge in [0.25, 0.3) is 0 Å². The minimum atomic E-state index is -0.897. The average molecular weight is 423 g/mol. The number of carboxylic acid groups (broad SMARTS) is 1. The zero-order valence-corrected chi connectivity index (χ0v) is 16.9. The van der Waals surface area contributed by atoms with Crippen LogP contribution in [0, 0.1) is 11.8 Å². The third kappa shape index (κ3) is 8.01. The third-order valence-electron chi connectivity index (χ3n) is 4.83. The number of ether oxygens (including phenoxy) is 1. The van der Waals surface area contributed by atoms with Crippen LogP contribution in [-0.4, -0.2) is 45.9 Å². The van der Waals surface area contributed by atoms with E-state index in [1.54, 1.807) is 30.3 Å². The minimum absolute atomic E-state index is 0.0223. The molecule has 1 unspecified atom stereocenters. The molecule has 0 saturated heterocycles. The van der Waals surface area contributed by atoms with Crippen molar-refractivity contribution in [2.24, 2.45) is 11.8 Å². The van der Waals surface area contributed by atoms with Crippen molar-refractivity contribution in [3.63, 3.8) is 0 Å². The van der Waals surface area contributed by atoms with E-state index < -0.39 is 24.1 Å². The van der Waals surface area contributed by atoms with Crippen molar-refractivity contribution >= 4 is 23.4 Å². The number of benzene rings is 1. The second-order valence-corrected chi connectivity index (χ2v) is 7.58. The summed E-state index contributed by atoms with van der Waals surface area (Å²) in [5.74, 6) is -1.05. The lowest BCUT2D eigenvalue weighted by Crippen LogP contribution is -2.20. The molecule has 29 heavy (non-hydrogen) atoms. The number of aliphatic hydroxyl groups excluding tert-OH is 2. The molecule has 0 radical (unpaired) electrons. The number of hydrogen-bond donors (Lipinski definition) is 3. The van der Waals surface area contributed by atoms with Crippen LogP contribution in [0.15, 0.2) is 48.6 Å². The predicted molar refractivity (Wildman–Crippen MR) is 110 cm³/mol. The van der Waals surface area contributed by atoms with Gasteiger partial charge in [-0.15, -0.1) is 0 Å². The van der Waals surface area contributed by atoms with Crippen LogP contribution in [0.5, 0.6) is 5.75 Å². The van der Waals surface area contributed by atoms with E-state index >= 15 is 0 Å². The first-order valence-electron chi connectivity index (χ1n) is 9.69. The molecule has 6 nitrogen and oxygen atoms in total. The van der Waals surface area contributed by atoms with Gasteiger partial charge in [-0.1, -0.05) is 42.0 Å². The van der Waals surface area contributed by atoms with Crippen molar-refractivity contribution in [1.29, 1.82) is 0 Å². The Labute approximate surface area is 175 Å². The molecule has 1 aromatic carbocycles. The molecule has 0 aliphatic heterocycles. The van der Waals surface area contributed by atoms with E-state index in [9.17, 15) is 19.8 Å². The van der Waals surface area contributed by atoms with E-state index in [-0.39, 0.29) is 31.1 Å². The lowest BCUT2D eigenvalue weighted by atomic mass is 9.90. The van der Waals surface area contributed by atoms with Gasteiger partial charge in [-0.25, -0.2) is 0 Å². The van der Waals surface area contributed by atoms with Crippen molar-refractivity contribution in [2.45, 2.75) is 44.3 Å². The molecule has 1 aliphatic rings. The monoisotopic (exact) mass is 422 g/mol. The highest BCUT2D eigenvalue weighted by Gasteiger charge is 2.39. The molecular weight excluding hydrogens is 396 g/mol. The van der Waals surface area contributed by atoms with Gasteiger partial charge in [0.15, 0.2) is 0 Å². The van der Waals surface area contributed by atoms with E-state index in [0.717, 1.165) is 0 Å². The first kappa shape index (κ1) is 23.1. The summed E-state index contributed by atoms with van der Waals surface area (Å²) < 4.78 is 5.48. The number of allylic oxidation sites excluding steroid dienone is 3. The summed E-state index contributed by atoms with van der Waals surface area (Å²) >= 11 is 5.89. The quantitative estimate of drug-likeness (QED) is 0.373. The Morgan fingerprint density at radius 1 is 1.34 bits per heavy atom. The molecule has 4 atom stereocenters. The van der Waals surface area contributed by atoms with Gasteiger partial charge in [-0.05, 0) is 37.5 Å². The highest BCUT2D eigenvalue weighted by molar-refractivity contribution is 6.30. The van der Waals surface area contributed by atoms with E-state index in [1.807, 2.05) is 12.2 Å². The standard InChI is InChI=1S/C22H27ClO6/c23-15-6-5-7-17(12-15)29-14-16(24)10-11-19-18(20(25)13-21(19)26)8-3-1-2-4-9-22(27)28/h1,3,5-7,10-12,16,18-20,24-25H,2,4,8-9,13-14H2,(H,27,28)/t16?,18-,19-,20+/m1/s1. The van der Waals surface area contributed by atoms with E-state index in [1.165, 1.54) is 6.08 Å². The number of hydrogen-bond acceptors (Lipinski definition) is 5. The fourth-order valence-corrected chi connectivity index (χ4v) is 3.49. The van der Waals surface area contributed by atoms with Crippen LogP contribution in [0.25, 0.3) is 0 Å². The summed E-state index contributed by atoms with van der Waals surface area (Å²) in [6, 6.07) is 6.85. The fourth-order valence-electron chi connectivity index (χ4n) is 3.31. The Balaban J connectivity index is 1.84. The minimum Gasteiger partial charge on any atom is -0.491 e. The first-order valence-corrected chi connectivity index (χ1v) is 10.1. The van der Waals surface area contributed by atoms with Gasteiger partial charge in [-0.3, -0.25) is 9.59 Å². The molecule has 3 N–H and O–H groups in total. The highest BCUT2D eigenvalue weighted by Crippen LogP contribution is 2.33. The molecule has 0 amide bonds. The van der Waals surface area contributed by atoms with Gasteiger partial charge < -0.3 is 20.1 Å². The van der Waals surface area contributed by atoms with Crippen molar-refractivity contribution in [2.75, 3.05) is 6.61 Å². The second-order valence-electron chi connectivity index (χ2n) is 7.14. The van der Waals surface area contributed by atoms with Crippen LogP contribution in [0.1, 0.15) is 32.1 Å². The molecule has 0 heterocycles. The van der Waals surface area contributed by atoms with Gasteiger partial charge in [0.2, 0.25) is 0 Å². The summed E-state index contributed by atoms with van der Waals surface area (Å²) in [7, 11) is 0. The Morgan fingerprint density at radius 3 is 2.86 bits per heavy atom. The van der Waals surface area contributed by atoms with E-state index in [0.29, 0.717) is 30.0 Å². The Morgan fingerprint density at radius 2 is 2.14 bits per heavy atom. The number of carbonyl (C=O) groups is 2. The van der Waals surface area contributed by atoms with Gasteiger partial charge in [0.05, 0.1) is 6.10 Å². The molecule has 0 aromatic heterocycles. The van der Waals surface area contributed by atoms with E-state index in [2.05, 4.69) is 0 Å². The number of aliphatic hydroxyl groups is 2. The maximum atomic E-state index is 12.2. The van der Waals surface area contributed by atoms with Gasteiger partial charge in [0, 0.05) is 29.7 Å². The number of aliphatic carboxylic acids is 1. The second kappa shape index (κ2) is 11.8. The Bertz CT molecular complexity index is 745. The largest absolute Gasteiger partial charge is 0.491 e. The number of unbranched alkanes of at least 4 members (excludes halogenated alkanes) is 1. The number of carbonyl (C=O) groups excluding carboxylic acids is 1. The number of halogens is 1. The smallest absolute Gasteiger partial charge is 0.303 e. The summed E-state index contributed by atoms with van der Waals surface area (Å²) in [6.07, 6.45) is 7.25. The van der Waals surface area contributed by atoms with Crippen LogP contribution in [0.3, 0.4) is 0 Å². The zero-order chi connectivity index (χ0) is 21.2. The Kier molecular flexibility index (Phi) is 9.38. The summed E-state index contributed by atoms with van der Waals surface area (Å²) in [4.78, 5) is 22.7. The topological polar surface area (TPSA) is 104 Å². The summed E-state index contributed by atoms with van der Waals surface area (Å²) in [5, 5.41) is 29.5. The molecule has 1 fully saturated rings. The Hall–Kier alpha value is -2.15. The SMILES string of the molecule is O=C(O)CCCC=CC[C@H]1[C@@H](O)CC(=O)[C@@H]1C=CC(O)COc1cccc(Cl)c1. The summed E-state index contributed by atoms with van der Waals surface area (Å²) in [5.41, 5.74) is 0. The molecular formula is C22H27ClO6. The van der Waals surface area contributed by atoms with Gasteiger partial charge in [0.1, 0.15) is 24.2 Å². The third-order valence-corrected chi connectivity index (χ3v) is 5.07. The predicted octanol–water partition coefficient (Wildman–Crippen LogP) is 3.40. The van der Waals surface area contributed by atoms with Gasteiger partial charge in [-0.2, -0.15) is 0 Å². The van der Waals surface area contributed by atoms with Crippen LogP contribution >= 0.6 is 11.6 Å². The van der Waals surface area contributed by atoms with Gasteiger partial charge >= 0.3 is 5.97 Å².